The minimum atomic E-state index is 0.545. The van der Waals surface area contributed by atoms with Crippen molar-refractivity contribution >= 4 is 17.4 Å². The Kier molecular flexibility index (Phi) is 2.53. The second-order valence-electron chi connectivity index (χ2n) is 4.18. The highest BCUT2D eigenvalue weighted by molar-refractivity contribution is 6.29. The molecule has 84 valence electrons. The molecule has 0 aromatic carbocycles. The van der Waals surface area contributed by atoms with E-state index in [1.807, 2.05) is 10.6 Å². The number of imidazole rings is 1. The number of rotatable bonds is 1. The zero-order valence-electron chi connectivity index (χ0n) is 8.86. The van der Waals surface area contributed by atoms with Crippen LogP contribution in [0.3, 0.4) is 0 Å². The Labute approximate surface area is 98.7 Å². The van der Waals surface area contributed by atoms with Crippen LogP contribution in [0.15, 0.2) is 18.6 Å². The lowest BCUT2D eigenvalue weighted by Gasteiger charge is -2.22. The molecular weight excluding hydrogens is 224 g/mol. The summed E-state index contributed by atoms with van der Waals surface area (Å²) < 4.78 is 1.84. The van der Waals surface area contributed by atoms with Crippen molar-refractivity contribution in [1.82, 2.24) is 19.7 Å². The fourth-order valence-corrected chi connectivity index (χ4v) is 2.38. The van der Waals surface area contributed by atoms with Gasteiger partial charge >= 0.3 is 0 Å². The quantitative estimate of drug-likeness (QED) is 0.822. The first kappa shape index (κ1) is 10.1. The molecule has 3 rings (SSSR count). The van der Waals surface area contributed by atoms with E-state index in [1.165, 1.54) is 18.4 Å². The number of hydrogen-bond donors (Lipinski definition) is 1. The van der Waals surface area contributed by atoms with Gasteiger partial charge in [-0.2, -0.15) is 0 Å². The number of nitrogens with one attached hydrogen (secondary N) is 1. The normalized spacial score (nSPS) is 21.4. The Morgan fingerprint density at radius 2 is 2.25 bits per heavy atom. The lowest BCUT2D eigenvalue weighted by molar-refractivity contribution is 0.460. The van der Waals surface area contributed by atoms with E-state index in [2.05, 4.69) is 21.5 Å². The summed E-state index contributed by atoms with van der Waals surface area (Å²) in [6.07, 6.45) is 8.03. The molecule has 1 atom stereocenters. The van der Waals surface area contributed by atoms with E-state index in [0.717, 1.165) is 13.1 Å². The van der Waals surface area contributed by atoms with Gasteiger partial charge in [0, 0.05) is 18.9 Å². The summed E-state index contributed by atoms with van der Waals surface area (Å²) in [5.74, 6) is 1.21. The van der Waals surface area contributed by atoms with Crippen LogP contribution < -0.4 is 5.32 Å². The van der Waals surface area contributed by atoms with E-state index < -0.39 is 0 Å². The Hall–Kier alpha value is -1.13. The second-order valence-corrected chi connectivity index (χ2v) is 4.57. The van der Waals surface area contributed by atoms with E-state index in [1.54, 1.807) is 6.20 Å². The lowest BCUT2D eigenvalue weighted by Crippen LogP contribution is -2.28. The number of fused-ring (bicyclic) bond motifs is 1. The van der Waals surface area contributed by atoms with E-state index in [9.17, 15) is 0 Å². The Morgan fingerprint density at radius 1 is 1.38 bits per heavy atom. The SMILES string of the molecule is Clc1cnc2ncc(C3CCCNC3)cn12. The van der Waals surface area contributed by atoms with Crippen molar-refractivity contribution in [1.29, 1.82) is 0 Å². The number of hydrogen-bond acceptors (Lipinski definition) is 3. The maximum absolute atomic E-state index is 6.03. The summed E-state index contributed by atoms with van der Waals surface area (Å²) in [4.78, 5) is 8.43. The highest BCUT2D eigenvalue weighted by Gasteiger charge is 2.16. The summed E-state index contributed by atoms with van der Waals surface area (Å²) in [6, 6.07) is 0. The highest BCUT2D eigenvalue weighted by atomic mass is 35.5. The van der Waals surface area contributed by atoms with E-state index >= 15 is 0 Å². The largest absolute Gasteiger partial charge is 0.316 e. The topological polar surface area (TPSA) is 42.2 Å². The third-order valence-corrected chi connectivity index (χ3v) is 3.39. The lowest BCUT2D eigenvalue weighted by atomic mass is 9.94. The van der Waals surface area contributed by atoms with Crippen LogP contribution in [-0.4, -0.2) is 27.5 Å². The molecule has 4 nitrogen and oxygen atoms in total. The molecule has 0 bridgehead atoms. The van der Waals surface area contributed by atoms with Gasteiger partial charge in [-0.1, -0.05) is 11.6 Å². The second kappa shape index (κ2) is 4.03. The van der Waals surface area contributed by atoms with Gasteiger partial charge in [-0.15, -0.1) is 0 Å². The zero-order valence-corrected chi connectivity index (χ0v) is 9.61. The summed E-state index contributed by atoms with van der Waals surface area (Å²) >= 11 is 6.03. The summed E-state index contributed by atoms with van der Waals surface area (Å²) in [6.45, 7) is 2.15. The predicted molar refractivity (Wildman–Crippen MR) is 62.8 cm³/mol. The van der Waals surface area contributed by atoms with E-state index in [4.69, 9.17) is 11.6 Å². The maximum Gasteiger partial charge on any atom is 0.234 e. The van der Waals surface area contributed by atoms with Crippen molar-refractivity contribution in [2.45, 2.75) is 18.8 Å². The van der Waals surface area contributed by atoms with Crippen molar-refractivity contribution in [2.24, 2.45) is 0 Å². The van der Waals surface area contributed by atoms with Crippen molar-refractivity contribution in [3.63, 3.8) is 0 Å². The van der Waals surface area contributed by atoms with Crippen LogP contribution in [0.2, 0.25) is 5.15 Å². The molecule has 0 aliphatic carbocycles. The van der Waals surface area contributed by atoms with E-state index in [-0.39, 0.29) is 0 Å². The molecule has 1 unspecified atom stereocenters. The van der Waals surface area contributed by atoms with Crippen molar-refractivity contribution in [3.05, 3.63) is 29.3 Å². The molecule has 2 aromatic rings. The molecule has 0 spiro atoms. The first-order chi connectivity index (χ1) is 7.84. The van der Waals surface area contributed by atoms with Gasteiger partial charge < -0.3 is 5.32 Å². The molecule has 1 fully saturated rings. The molecule has 5 heteroatoms. The molecule has 1 aliphatic rings. The molecule has 1 N–H and O–H groups in total. The Balaban J connectivity index is 1.99. The van der Waals surface area contributed by atoms with Gasteiger partial charge in [-0.05, 0) is 30.9 Å². The molecule has 3 heterocycles. The minimum Gasteiger partial charge on any atom is -0.316 e. The van der Waals surface area contributed by atoms with Crippen molar-refractivity contribution in [3.8, 4) is 0 Å². The van der Waals surface area contributed by atoms with Crippen LogP contribution in [0.4, 0.5) is 0 Å². The third kappa shape index (κ3) is 1.68. The number of aromatic nitrogens is 3. The van der Waals surface area contributed by atoms with Crippen LogP contribution in [0.1, 0.15) is 24.3 Å². The number of halogens is 1. The summed E-state index contributed by atoms with van der Waals surface area (Å²) in [5.41, 5.74) is 1.24. The Morgan fingerprint density at radius 3 is 3.06 bits per heavy atom. The number of piperidine rings is 1. The van der Waals surface area contributed by atoms with Crippen LogP contribution in [0.25, 0.3) is 5.78 Å². The van der Waals surface area contributed by atoms with Gasteiger partial charge in [0.1, 0.15) is 5.15 Å². The van der Waals surface area contributed by atoms with E-state index in [0.29, 0.717) is 16.8 Å². The monoisotopic (exact) mass is 236 g/mol. The molecule has 0 amide bonds. The minimum absolute atomic E-state index is 0.545. The molecule has 1 saturated heterocycles. The number of nitrogens with zero attached hydrogens (tertiary/aromatic N) is 3. The average molecular weight is 237 g/mol. The molecule has 2 aromatic heterocycles. The Bertz CT molecular complexity index is 502. The molecular formula is C11H13ClN4. The van der Waals surface area contributed by atoms with Gasteiger partial charge in [-0.25, -0.2) is 9.97 Å². The van der Waals surface area contributed by atoms with Gasteiger partial charge in [0.05, 0.1) is 6.20 Å². The predicted octanol–water partition coefficient (Wildman–Crippen LogP) is 1.85. The molecule has 1 aliphatic heterocycles. The molecule has 0 saturated carbocycles. The van der Waals surface area contributed by atoms with Gasteiger partial charge in [0.2, 0.25) is 5.78 Å². The van der Waals surface area contributed by atoms with Crippen LogP contribution in [-0.2, 0) is 0 Å². The maximum atomic E-state index is 6.03. The van der Waals surface area contributed by atoms with Gasteiger partial charge in [0.25, 0.3) is 0 Å². The van der Waals surface area contributed by atoms with Crippen LogP contribution in [0.5, 0.6) is 0 Å². The van der Waals surface area contributed by atoms with Gasteiger partial charge in [0.15, 0.2) is 0 Å². The summed E-state index contributed by atoms with van der Waals surface area (Å²) in [5, 5.41) is 4.02. The highest BCUT2D eigenvalue weighted by Crippen LogP contribution is 2.23. The standard InChI is InChI=1S/C11H13ClN4/c12-10-6-15-11-14-5-9(7-16(10)11)8-2-1-3-13-4-8/h5-8,13H,1-4H2. The van der Waals surface area contributed by atoms with Crippen molar-refractivity contribution in [2.75, 3.05) is 13.1 Å². The smallest absolute Gasteiger partial charge is 0.234 e. The fraction of sp³-hybridized carbons (Fsp3) is 0.455. The third-order valence-electron chi connectivity index (χ3n) is 3.11. The van der Waals surface area contributed by atoms with Crippen LogP contribution >= 0.6 is 11.6 Å². The zero-order chi connectivity index (χ0) is 11.0. The summed E-state index contributed by atoms with van der Waals surface area (Å²) in [7, 11) is 0. The average Bonchev–Trinajstić information content (AvgIpc) is 2.72. The van der Waals surface area contributed by atoms with Crippen LogP contribution in [0, 0.1) is 0 Å². The first-order valence-corrected chi connectivity index (χ1v) is 5.91. The molecule has 0 radical (unpaired) electrons. The van der Waals surface area contributed by atoms with Gasteiger partial charge in [-0.3, -0.25) is 4.40 Å². The fourth-order valence-electron chi connectivity index (χ4n) is 2.21. The first-order valence-electron chi connectivity index (χ1n) is 5.54. The molecule has 16 heavy (non-hydrogen) atoms. The van der Waals surface area contributed by atoms with Crippen molar-refractivity contribution < 1.29 is 0 Å².